The summed E-state index contributed by atoms with van der Waals surface area (Å²) in [5.74, 6) is 0. The molecule has 0 radical (unpaired) electrons. The van der Waals surface area contributed by atoms with Crippen molar-refractivity contribution < 1.29 is 14.6 Å². The maximum absolute atomic E-state index is 12.3. The molecule has 1 N–H and O–H groups in total. The van der Waals surface area contributed by atoms with Crippen molar-refractivity contribution in [1.29, 1.82) is 0 Å². The van der Waals surface area contributed by atoms with Crippen molar-refractivity contribution in [1.82, 2.24) is 4.90 Å². The molecule has 4 heteroatoms. The summed E-state index contributed by atoms with van der Waals surface area (Å²) < 4.78 is 5.52. The van der Waals surface area contributed by atoms with Crippen molar-refractivity contribution >= 4 is 6.09 Å². The van der Waals surface area contributed by atoms with Crippen LogP contribution in [0, 0.1) is 5.41 Å². The summed E-state index contributed by atoms with van der Waals surface area (Å²) in [6, 6.07) is 0.396. The van der Waals surface area contributed by atoms with Crippen LogP contribution in [0.1, 0.15) is 52.9 Å². The van der Waals surface area contributed by atoms with Crippen LogP contribution in [0.25, 0.3) is 0 Å². The molecule has 18 heavy (non-hydrogen) atoms. The standard InChI is InChI=1S/C14H23NO3/c1-13(2,3)18-12(17)15-9-4-5-10(15)14(6-7-14)11(16)8-9/h9-11,16H,4-8H2,1-3H3. The minimum Gasteiger partial charge on any atom is -0.444 e. The van der Waals surface area contributed by atoms with Gasteiger partial charge < -0.3 is 14.7 Å². The first-order valence-electron chi connectivity index (χ1n) is 7.03. The third-order valence-electron chi connectivity index (χ3n) is 4.76. The zero-order chi connectivity index (χ0) is 13.1. The van der Waals surface area contributed by atoms with Gasteiger partial charge in [0.1, 0.15) is 5.60 Å². The number of carbonyl (C=O) groups excluding carboxylic acids is 1. The summed E-state index contributed by atoms with van der Waals surface area (Å²) >= 11 is 0. The number of hydrogen-bond acceptors (Lipinski definition) is 3. The molecule has 102 valence electrons. The van der Waals surface area contributed by atoms with E-state index in [9.17, 15) is 9.90 Å². The lowest BCUT2D eigenvalue weighted by Gasteiger charge is -2.43. The van der Waals surface area contributed by atoms with Crippen molar-refractivity contribution in [2.75, 3.05) is 0 Å². The number of ether oxygens (including phenoxy) is 1. The van der Waals surface area contributed by atoms with Crippen LogP contribution in [0.15, 0.2) is 0 Å². The predicted octanol–water partition coefficient (Wildman–Crippen LogP) is 2.30. The van der Waals surface area contributed by atoms with Gasteiger partial charge in [-0.25, -0.2) is 4.79 Å². The molecule has 2 saturated heterocycles. The summed E-state index contributed by atoms with van der Waals surface area (Å²) in [4.78, 5) is 14.3. The highest BCUT2D eigenvalue weighted by Crippen LogP contribution is 2.61. The lowest BCUT2D eigenvalue weighted by atomic mass is 9.84. The Labute approximate surface area is 108 Å². The summed E-state index contributed by atoms with van der Waals surface area (Å²) in [7, 11) is 0. The summed E-state index contributed by atoms with van der Waals surface area (Å²) in [6.45, 7) is 5.70. The van der Waals surface area contributed by atoms with Gasteiger partial charge in [0, 0.05) is 17.5 Å². The monoisotopic (exact) mass is 253 g/mol. The molecule has 0 aromatic carbocycles. The lowest BCUT2D eigenvalue weighted by molar-refractivity contribution is -0.0473. The fourth-order valence-electron chi connectivity index (χ4n) is 3.80. The number of aliphatic hydroxyl groups excluding tert-OH is 1. The normalized spacial score (nSPS) is 36.9. The van der Waals surface area contributed by atoms with Crippen LogP contribution < -0.4 is 0 Å². The second-order valence-corrected chi connectivity index (χ2v) is 7.12. The molecular formula is C14H23NO3. The van der Waals surface area contributed by atoms with Crippen molar-refractivity contribution in [3.63, 3.8) is 0 Å². The van der Waals surface area contributed by atoms with E-state index in [1.54, 1.807) is 0 Å². The molecule has 3 rings (SSSR count). The molecule has 4 nitrogen and oxygen atoms in total. The van der Waals surface area contributed by atoms with Crippen LogP contribution in [0.2, 0.25) is 0 Å². The molecule has 2 bridgehead atoms. The fourth-order valence-corrected chi connectivity index (χ4v) is 3.80. The molecule has 0 aromatic heterocycles. The van der Waals surface area contributed by atoms with Crippen LogP contribution in [0.3, 0.4) is 0 Å². The van der Waals surface area contributed by atoms with Gasteiger partial charge in [0.2, 0.25) is 0 Å². The molecule has 3 atom stereocenters. The largest absolute Gasteiger partial charge is 0.444 e. The van der Waals surface area contributed by atoms with E-state index in [2.05, 4.69) is 0 Å². The first kappa shape index (κ1) is 12.3. The second kappa shape index (κ2) is 3.62. The van der Waals surface area contributed by atoms with Crippen LogP contribution in [0.4, 0.5) is 4.79 Å². The van der Waals surface area contributed by atoms with Gasteiger partial charge in [-0.05, 0) is 52.9 Å². The zero-order valence-corrected chi connectivity index (χ0v) is 11.5. The van der Waals surface area contributed by atoms with Gasteiger partial charge in [-0.15, -0.1) is 0 Å². The minimum absolute atomic E-state index is 0.00387. The van der Waals surface area contributed by atoms with E-state index in [0.29, 0.717) is 0 Å². The highest BCUT2D eigenvalue weighted by atomic mass is 16.6. The maximum Gasteiger partial charge on any atom is 0.410 e. The number of piperidine rings is 1. The van der Waals surface area contributed by atoms with E-state index in [1.165, 1.54) is 0 Å². The molecule has 1 aliphatic carbocycles. The van der Waals surface area contributed by atoms with E-state index in [4.69, 9.17) is 4.74 Å². The highest BCUT2D eigenvalue weighted by Gasteiger charge is 2.64. The van der Waals surface area contributed by atoms with E-state index < -0.39 is 5.60 Å². The minimum atomic E-state index is -0.441. The molecule has 1 amide bonds. The van der Waals surface area contributed by atoms with Crippen LogP contribution in [0.5, 0.6) is 0 Å². The number of fused-ring (bicyclic) bond motifs is 3. The first-order chi connectivity index (χ1) is 8.33. The number of nitrogens with zero attached hydrogens (tertiary/aromatic N) is 1. The molecule has 3 fully saturated rings. The van der Waals surface area contributed by atoms with Crippen molar-refractivity contribution in [3.05, 3.63) is 0 Å². The third-order valence-corrected chi connectivity index (χ3v) is 4.76. The molecule has 1 spiro atoms. The maximum atomic E-state index is 12.3. The Balaban J connectivity index is 1.80. The van der Waals surface area contributed by atoms with Crippen molar-refractivity contribution in [3.8, 4) is 0 Å². The van der Waals surface area contributed by atoms with Gasteiger partial charge in [-0.2, -0.15) is 0 Å². The van der Waals surface area contributed by atoms with Gasteiger partial charge >= 0.3 is 6.09 Å². The molecule has 2 heterocycles. The van der Waals surface area contributed by atoms with Crippen LogP contribution >= 0.6 is 0 Å². The average Bonchev–Trinajstić information content (AvgIpc) is 2.93. The molecule has 0 aromatic rings. The van der Waals surface area contributed by atoms with E-state index >= 15 is 0 Å². The smallest absolute Gasteiger partial charge is 0.410 e. The Morgan fingerprint density at radius 3 is 2.56 bits per heavy atom. The van der Waals surface area contributed by atoms with Gasteiger partial charge in [-0.1, -0.05) is 0 Å². The van der Waals surface area contributed by atoms with E-state index in [0.717, 1.165) is 32.1 Å². The Morgan fingerprint density at radius 2 is 2.00 bits per heavy atom. The predicted molar refractivity (Wildman–Crippen MR) is 67.2 cm³/mol. The second-order valence-electron chi connectivity index (χ2n) is 7.12. The molecule has 2 aliphatic heterocycles. The van der Waals surface area contributed by atoms with Crippen molar-refractivity contribution in [2.24, 2.45) is 5.41 Å². The average molecular weight is 253 g/mol. The highest BCUT2D eigenvalue weighted by molar-refractivity contribution is 5.70. The Hall–Kier alpha value is -0.770. The van der Waals surface area contributed by atoms with E-state index in [1.807, 2.05) is 25.7 Å². The molecule has 3 unspecified atom stereocenters. The topological polar surface area (TPSA) is 49.8 Å². The van der Waals surface area contributed by atoms with Gasteiger partial charge in [0.05, 0.1) is 6.10 Å². The molecule has 3 aliphatic rings. The first-order valence-corrected chi connectivity index (χ1v) is 7.03. The third kappa shape index (κ3) is 1.73. The Kier molecular flexibility index (Phi) is 2.47. The molecular weight excluding hydrogens is 230 g/mol. The van der Waals surface area contributed by atoms with Crippen LogP contribution in [-0.2, 0) is 4.74 Å². The lowest BCUT2D eigenvalue weighted by Crippen LogP contribution is -2.55. The van der Waals surface area contributed by atoms with Crippen LogP contribution in [-0.4, -0.2) is 39.9 Å². The van der Waals surface area contributed by atoms with Crippen molar-refractivity contribution in [2.45, 2.75) is 76.7 Å². The number of aliphatic hydroxyl groups is 1. The summed E-state index contributed by atoms with van der Waals surface area (Å²) in [6.07, 6.45) is 4.50. The SMILES string of the molecule is CC(C)(C)OC(=O)N1C2CCC1C1(CC1)C(O)C2. The van der Waals surface area contributed by atoms with Gasteiger partial charge in [0.15, 0.2) is 0 Å². The zero-order valence-electron chi connectivity index (χ0n) is 11.5. The number of hydrogen-bond donors (Lipinski definition) is 1. The molecule has 1 saturated carbocycles. The van der Waals surface area contributed by atoms with Gasteiger partial charge in [-0.3, -0.25) is 0 Å². The van der Waals surface area contributed by atoms with E-state index in [-0.39, 0.29) is 29.7 Å². The Bertz CT molecular complexity index is 370. The number of amides is 1. The number of rotatable bonds is 0. The summed E-state index contributed by atoms with van der Waals surface area (Å²) in [5, 5.41) is 10.2. The van der Waals surface area contributed by atoms with Gasteiger partial charge in [0.25, 0.3) is 0 Å². The number of carbonyl (C=O) groups is 1. The summed E-state index contributed by atoms with van der Waals surface area (Å²) in [5.41, 5.74) is -0.437. The Morgan fingerprint density at radius 1 is 1.33 bits per heavy atom. The quantitative estimate of drug-likeness (QED) is 0.720. The fraction of sp³-hybridized carbons (Fsp3) is 0.929.